The number of Topliss-reactive ketones (excluding diaryl/α,β-unsaturated/α-hetero) is 1. The summed E-state index contributed by atoms with van der Waals surface area (Å²) >= 11 is 5.77. The van der Waals surface area contributed by atoms with E-state index in [1.165, 1.54) is 14.2 Å². The quantitative estimate of drug-likeness (QED) is 0.203. The molecule has 0 fully saturated rings. The molecule has 0 radical (unpaired) electrons. The van der Waals surface area contributed by atoms with Gasteiger partial charge in [0, 0.05) is 0 Å². The number of nitrogens with two attached hydrogens (primary N) is 1. The van der Waals surface area contributed by atoms with Gasteiger partial charge in [-0.05, 0) is 0 Å². The molecule has 0 amide bonds. The Morgan fingerprint density at radius 3 is 1.74 bits per heavy atom. The maximum atomic E-state index is 9.87. The molecular weight excluding hydrogens is 392 g/mol. The van der Waals surface area contributed by atoms with E-state index in [9.17, 15) is 9.59 Å². The summed E-state index contributed by atoms with van der Waals surface area (Å²) in [5, 5.41) is 20.3. The van der Waals surface area contributed by atoms with Gasteiger partial charge in [-0.1, -0.05) is 43.6 Å². The highest BCUT2D eigenvalue weighted by molar-refractivity contribution is 9.09. The summed E-state index contributed by atoms with van der Waals surface area (Å²) in [6, 6.07) is 0. The second-order valence-electron chi connectivity index (χ2n) is 2.40. The van der Waals surface area contributed by atoms with Crippen molar-refractivity contribution in [3.8, 4) is 0 Å². The van der Waals surface area contributed by atoms with Gasteiger partial charge in [0.15, 0.2) is 0 Å². The van der Waals surface area contributed by atoms with Crippen LogP contribution in [-0.4, -0.2) is 52.6 Å². The van der Waals surface area contributed by atoms with Gasteiger partial charge in [-0.15, -0.1) is 0 Å². The fraction of sp³-hybridized carbons (Fsp3) is 0.444. The third-order valence-electron chi connectivity index (χ3n) is 1.02. The number of oxime groups is 1. The van der Waals surface area contributed by atoms with Crippen molar-refractivity contribution in [3.63, 3.8) is 0 Å². The topological polar surface area (TPSA) is 131 Å². The van der Waals surface area contributed by atoms with Gasteiger partial charge < -0.3 is 19.9 Å². The van der Waals surface area contributed by atoms with Crippen LogP contribution < -0.4 is 5.90 Å². The molecule has 112 valence electrons. The summed E-state index contributed by atoms with van der Waals surface area (Å²) in [5.41, 5.74) is 0.400. The van der Waals surface area contributed by atoms with E-state index in [0.717, 1.165) is 0 Å². The molecule has 19 heavy (non-hydrogen) atoms. The van der Waals surface area contributed by atoms with Gasteiger partial charge in [-0.25, -0.2) is 10.7 Å². The van der Waals surface area contributed by atoms with Gasteiger partial charge in [0.2, 0.25) is 5.78 Å². The highest BCUT2D eigenvalue weighted by atomic mass is 79.9. The first-order valence-electron chi connectivity index (χ1n) is 4.41. The molecule has 0 bridgehead atoms. The molecule has 8 nitrogen and oxygen atoms in total. The van der Waals surface area contributed by atoms with Gasteiger partial charge in [-0.3, -0.25) is 4.79 Å². The van der Waals surface area contributed by atoms with Crippen LogP contribution in [0.1, 0.15) is 0 Å². The first-order valence-corrected chi connectivity index (χ1v) is 6.65. The molecule has 0 aromatic carbocycles. The third kappa shape index (κ3) is 19.5. The Hall–Kier alpha value is -0.970. The number of nitrogens with zero attached hydrogens (tertiary/aromatic N) is 1. The lowest BCUT2D eigenvalue weighted by atomic mass is 10.4. The fourth-order valence-electron chi connectivity index (χ4n) is 0.322. The SMILES string of the molecule is C=C(O)/C(CBr)=N\OC.CON.O=C(O)C(=O)CBr. The van der Waals surface area contributed by atoms with Crippen molar-refractivity contribution in [2.24, 2.45) is 11.1 Å². The maximum absolute atomic E-state index is 9.87. The van der Waals surface area contributed by atoms with Crippen molar-refractivity contribution in [2.75, 3.05) is 24.9 Å². The normalized spacial score (nSPS) is 9.21. The molecule has 4 N–H and O–H groups in total. The minimum absolute atomic E-state index is 0.0753. The molecule has 0 aliphatic heterocycles. The van der Waals surface area contributed by atoms with Gasteiger partial charge in [-0.2, -0.15) is 0 Å². The van der Waals surface area contributed by atoms with E-state index in [-0.39, 0.29) is 11.1 Å². The molecule has 0 aromatic heterocycles. The largest absolute Gasteiger partial charge is 0.507 e. The predicted molar refractivity (Wildman–Crippen MR) is 77.6 cm³/mol. The van der Waals surface area contributed by atoms with Crippen molar-refractivity contribution in [1.82, 2.24) is 0 Å². The Balaban J connectivity index is -0.000000228. The van der Waals surface area contributed by atoms with Crippen molar-refractivity contribution >= 4 is 49.3 Å². The molecule has 0 heterocycles. The zero-order valence-corrected chi connectivity index (χ0v) is 13.6. The Bertz CT molecular complexity index is 309. The van der Waals surface area contributed by atoms with Crippen LogP contribution in [0.5, 0.6) is 0 Å². The summed E-state index contributed by atoms with van der Waals surface area (Å²) in [5.74, 6) is 2.06. The van der Waals surface area contributed by atoms with Gasteiger partial charge in [0.1, 0.15) is 18.6 Å². The van der Waals surface area contributed by atoms with Crippen LogP contribution in [-0.2, 0) is 19.3 Å². The van der Waals surface area contributed by atoms with Crippen molar-refractivity contribution in [2.45, 2.75) is 0 Å². The van der Waals surface area contributed by atoms with Crippen LogP contribution in [0.25, 0.3) is 0 Å². The summed E-state index contributed by atoms with van der Waals surface area (Å²) in [6.45, 7) is 3.26. The fourth-order valence-corrected chi connectivity index (χ4v) is 0.987. The van der Waals surface area contributed by atoms with Crippen LogP contribution in [0.4, 0.5) is 0 Å². The summed E-state index contributed by atoms with van der Waals surface area (Å²) < 4.78 is 0. The minimum Gasteiger partial charge on any atom is -0.507 e. The molecule has 0 saturated carbocycles. The number of aliphatic carboxylic acids is 1. The second kappa shape index (κ2) is 17.0. The number of carboxylic acids is 1. The first kappa shape index (κ1) is 23.1. The van der Waals surface area contributed by atoms with Gasteiger partial charge >= 0.3 is 5.97 Å². The number of hydrogen-bond acceptors (Lipinski definition) is 7. The smallest absolute Gasteiger partial charge is 0.373 e. The second-order valence-corrected chi connectivity index (χ2v) is 3.52. The molecule has 0 unspecified atom stereocenters. The van der Waals surface area contributed by atoms with E-state index in [1.807, 2.05) is 0 Å². The molecule has 0 aliphatic rings. The highest BCUT2D eigenvalue weighted by Gasteiger charge is 2.06. The lowest BCUT2D eigenvalue weighted by Crippen LogP contribution is -2.12. The standard InChI is InChI=1S/C5H8BrNO2.C3H3BrO3.CH5NO/c1-4(8)5(3-6)7-9-2;4-1-2(5)3(6)7;1-3-2/h8H,1,3H2,2H3;1H2,(H,6,7);2H2,1H3/b7-5-;;. The summed E-state index contributed by atoms with van der Waals surface area (Å²) in [4.78, 5) is 27.6. The van der Waals surface area contributed by atoms with E-state index in [2.05, 4.69) is 59.2 Å². The van der Waals surface area contributed by atoms with E-state index in [0.29, 0.717) is 11.0 Å². The van der Waals surface area contributed by atoms with Crippen LogP contribution in [0.2, 0.25) is 0 Å². The van der Waals surface area contributed by atoms with Crippen LogP contribution in [0, 0.1) is 0 Å². The number of carbonyl (C=O) groups is 2. The molecule has 0 spiro atoms. The van der Waals surface area contributed by atoms with Crippen LogP contribution >= 0.6 is 31.9 Å². The molecule has 0 rings (SSSR count). The average molecular weight is 408 g/mol. The maximum Gasteiger partial charge on any atom is 0.373 e. The average Bonchev–Trinajstić information content (AvgIpc) is 2.36. The lowest BCUT2D eigenvalue weighted by molar-refractivity contribution is -0.147. The van der Waals surface area contributed by atoms with Gasteiger partial charge in [0.25, 0.3) is 0 Å². The zero-order valence-electron chi connectivity index (χ0n) is 10.4. The Morgan fingerprint density at radius 2 is 1.68 bits per heavy atom. The van der Waals surface area contributed by atoms with Crippen molar-refractivity contribution < 1.29 is 29.5 Å². The van der Waals surface area contributed by atoms with E-state index in [1.54, 1.807) is 0 Å². The highest BCUT2D eigenvalue weighted by Crippen LogP contribution is 1.94. The van der Waals surface area contributed by atoms with Gasteiger partial charge in [0.05, 0.1) is 17.8 Å². The monoisotopic (exact) mass is 406 g/mol. The first-order chi connectivity index (χ1) is 8.81. The number of alkyl halides is 2. The number of ketones is 1. The Labute approximate surface area is 127 Å². The molecule has 0 aliphatic carbocycles. The number of carboxylic acid groups (broad SMARTS) is 1. The van der Waals surface area contributed by atoms with Crippen LogP contribution in [0.3, 0.4) is 0 Å². The van der Waals surface area contributed by atoms with E-state index in [4.69, 9.17) is 10.2 Å². The number of hydrogen-bond donors (Lipinski definition) is 3. The Morgan fingerprint density at radius 1 is 1.26 bits per heavy atom. The number of carbonyl (C=O) groups excluding carboxylic acids is 1. The van der Waals surface area contributed by atoms with Crippen molar-refractivity contribution in [1.29, 1.82) is 0 Å². The lowest BCUT2D eigenvalue weighted by Gasteiger charge is -1.96. The summed E-state index contributed by atoms with van der Waals surface area (Å²) in [6.07, 6.45) is 0. The van der Waals surface area contributed by atoms with E-state index < -0.39 is 11.8 Å². The van der Waals surface area contributed by atoms with Crippen LogP contribution in [0.15, 0.2) is 17.5 Å². The molecule has 0 aromatic rings. The number of allylic oxidation sites excluding steroid dienone is 1. The number of halogens is 2. The van der Waals surface area contributed by atoms with Crippen molar-refractivity contribution in [3.05, 3.63) is 12.3 Å². The summed E-state index contributed by atoms with van der Waals surface area (Å²) in [7, 11) is 2.81. The molecular formula is C9H16Br2N2O6. The number of aliphatic hydroxyl groups is 1. The Kier molecular flexibility index (Phi) is 20.7. The molecule has 10 heteroatoms. The minimum atomic E-state index is -1.39. The number of aliphatic hydroxyl groups excluding tert-OH is 1. The predicted octanol–water partition coefficient (Wildman–Crippen LogP) is 0.997. The third-order valence-corrected chi connectivity index (χ3v) is 2.06. The van der Waals surface area contributed by atoms with E-state index >= 15 is 0 Å². The molecule has 0 saturated heterocycles. The zero-order chi connectivity index (χ0) is 15.8. The molecule has 0 atom stereocenters. The number of rotatable bonds is 5.